The lowest BCUT2D eigenvalue weighted by molar-refractivity contribution is 0.0240. The first-order chi connectivity index (χ1) is 30.3. The summed E-state index contributed by atoms with van der Waals surface area (Å²) in [5.74, 6) is -0.368. The molecule has 10 nitrogen and oxygen atoms in total. The number of nitrogens with one attached hydrogen (secondary N) is 3. The van der Waals surface area contributed by atoms with Gasteiger partial charge < -0.3 is 35.4 Å². The molecule has 0 saturated carbocycles. The first-order valence-corrected chi connectivity index (χ1v) is 22.4. The van der Waals surface area contributed by atoms with Gasteiger partial charge in [0.15, 0.2) is 0 Å². The molecule has 3 amide bonds. The summed E-state index contributed by atoms with van der Waals surface area (Å²) >= 11 is 12.8. The lowest BCUT2D eigenvalue weighted by atomic mass is 9.99. The maximum Gasteiger partial charge on any atom is 0.410 e. The van der Waals surface area contributed by atoms with Gasteiger partial charge in [-0.05, 0) is 104 Å². The molecule has 8 rings (SSSR count). The molecule has 0 aromatic heterocycles. The fourth-order valence-electron chi connectivity index (χ4n) is 8.13. The van der Waals surface area contributed by atoms with E-state index in [2.05, 4.69) is 68.2 Å². The van der Waals surface area contributed by atoms with Crippen LogP contribution in [0.25, 0.3) is 21.5 Å². The fourth-order valence-corrected chi connectivity index (χ4v) is 8.53. The van der Waals surface area contributed by atoms with Gasteiger partial charge in [-0.15, -0.1) is 0 Å². The van der Waals surface area contributed by atoms with E-state index >= 15 is 0 Å². The predicted octanol–water partition coefficient (Wildman–Crippen LogP) is 10.4. The van der Waals surface area contributed by atoms with Gasteiger partial charge >= 0.3 is 6.09 Å². The van der Waals surface area contributed by atoms with Crippen LogP contribution in [0.5, 0.6) is 0 Å². The highest BCUT2D eigenvalue weighted by Gasteiger charge is 2.27. The number of nitrogens with zero attached hydrogens (tertiary/aromatic N) is 3. The molecule has 6 aromatic rings. The van der Waals surface area contributed by atoms with E-state index in [0.29, 0.717) is 47.4 Å². The quantitative estimate of drug-likeness (QED) is 0.140. The monoisotopic (exact) mass is 886 g/mol. The highest BCUT2D eigenvalue weighted by atomic mass is 35.5. The zero-order chi connectivity index (χ0) is 44.7. The lowest BCUT2D eigenvalue weighted by Crippen LogP contribution is -2.50. The summed E-state index contributed by atoms with van der Waals surface area (Å²) in [6.07, 6.45) is -0.296. The summed E-state index contributed by atoms with van der Waals surface area (Å²) in [6.45, 7) is 15.7. The number of halogens is 2. The van der Waals surface area contributed by atoms with Crippen LogP contribution >= 0.6 is 23.2 Å². The van der Waals surface area contributed by atoms with Crippen LogP contribution in [-0.4, -0.2) is 80.8 Å². The molecule has 2 heterocycles. The van der Waals surface area contributed by atoms with E-state index in [1.807, 2.05) is 107 Å². The molecule has 63 heavy (non-hydrogen) atoms. The second-order valence-electron chi connectivity index (χ2n) is 17.0. The minimum atomic E-state index is -0.518. The molecule has 2 fully saturated rings. The van der Waals surface area contributed by atoms with Gasteiger partial charge in [0.2, 0.25) is 0 Å². The Bertz CT molecular complexity index is 2570. The maximum atomic E-state index is 13.2. The van der Waals surface area contributed by atoms with Gasteiger partial charge in [-0.1, -0.05) is 108 Å². The van der Waals surface area contributed by atoms with Crippen molar-refractivity contribution in [1.82, 2.24) is 20.9 Å². The third kappa shape index (κ3) is 11.2. The number of hydrogen-bond acceptors (Lipinski definition) is 7. The Morgan fingerprint density at radius 1 is 0.587 bits per heavy atom. The van der Waals surface area contributed by atoms with Crippen LogP contribution in [0.4, 0.5) is 16.2 Å². The number of piperazine rings is 2. The minimum Gasteiger partial charge on any atom is -0.444 e. The second kappa shape index (κ2) is 20.1. The number of hydrogen-bond donors (Lipinski definition) is 3. The molecule has 0 radical (unpaired) electrons. The number of carbonyl (C=O) groups excluding carboxylic acids is 3. The van der Waals surface area contributed by atoms with Crippen molar-refractivity contribution in [3.05, 3.63) is 154 Å². The van der Waals surface area contributed by atoms with Gasteiger partial charge in [-0.25, -0.2) is 4.79 Å². The lowest BCUT2D eigenvalue weighted by Gasteiger charge is -2.37. The minimum absolute atomic E-state index is 0.127. The summed E-state index contributed by atoms with van der Waals surface area (Å²) in [5.41, 5.74) is 4.53. The molecular formula is C51H56Cl2N6O4. The van der Waals surface area contributed by atoms with E-state index < -0.39 is 5.60 Å². The van der Waals surface area contributed by atoms with E-state index in [-0.39, 0.29) is 30.0 Å². The molecule has 0 bridgehead atoms. The molecule has 0 aliphatic carbocycles. The average Bonchev–Trinajstić information content (AvgIpc) is 3.28. The van der Waals surface area contributed by atoms with E-state index in [9.17, 15) is 14.4 Å². The van der Waals surface area contributed by atoms with E-state index in [0.717, 1.165) is 64.8 Å². The Morgan fingerprint density at radius 2 is 1.02 bits per heavy atom. The van der Waals surface area contributed by atoms with E-state index in [4.69, 9.17) is 27.9 Å². The van der Waals surface area contributed by atoms with Crippen molar-refractivity contribution in [2.45, 2.75) is 52.3 Å². The number of amides is 3. The standard InChI is InChI=1S/C28H32ClN3O3.C23H24ClN3O/c1-19(22-11-7-9-20-8-5-6-10-23(20)22)30-26(33)24-18-21(12-13-25(24)29)31-14-16-32(17-15-31)27(34)35-28(2,3)4;1-16(19-8-4-6-17-5-2-3-7-20(17)19)26-23(28)21-15-18(9-10-22(21)24)27-13-11-25-12-14-27/h5-13,18-19H,14-17H2,1-4H3,(H,30,33);2-10,15-16,25H,11-14H2,1H3,(H,26,28)/t19-;16-/m11/s1. The van der Waals surface area contributed by atoms with Gasteiger partial charge in [0.1, 0.15) is 5.60 Å². The Balaban J connectivity index is 0.000000193. The predicted molar refractivity (Wildman–Crippen MR) is 258 cm³/mol. The SMILES string of the molecule is C[C@@H](NC(=O)c1cc(N2CCN(C(=O)OC(C)(C)C)CC2)ccc1Cl)c1cccc2ccccc12.C[C@@H](NC(=O)c1cc(N2CCNCC2)ccc1Cl)c1cccc2ccccc12. The summed E-state index contributed by atoms with van der Waals surface area (Å²) in [6, 6.07) is 39.5. The van der Waals surface area contributed by atoms with E-state index in [1.54, 1.807) is 11.0 Å². The molecule has 0 spiro atoms. The summed E-state index contributed by atoms with van der Waals surface area (Å²) in [4.78, 5) is 44.7. The first-order valence-electron chi connectivity index (χ1n) is 21.6. The smallest absolute Gasteiger partial charge is 0.410 e. The van der Waals surface area contributed by atoms with Gasteiger partial charge in [0, 0.05) is 63.7 Å². The zero-order valence-corrected chi connectivity index (χ0v) is 38.1. The summed E-state index contributed by atoms with van der Waals surface area (Å²) in [5, 5.41) is 15.0. The van der Waals surface area contributed by atoms with Crippen LogP contribution in [0.2, 0.25) is 10.0 Å². The van der Waals surface area contributed by atoms with Crippen molar-refractivity contribution in [2.75, 3.05) is 62.2 Å². The van der Waals surface area contributed by atoms with Gasteiger partial charge in [-0.2, -0.15) is 0 Å². The van der Waals surface area contributed by atoms with Gasteiger partial charge in [0.25, 0.3) is 11.8 Å². The molecule has 6 aromatic carbocycles. The molecular weight excluding hydrogens is 832 g/mol. The van der Waals surface area contributed by atoms with Crippen molar-refractivity contribution in [2.24, 2.45) is 0 Å². The summed E-state index contributed by atoms with van der Waals surface area (Å²) in [7, 11) is 0. The number of rotatable bonds is 8. The molecule has 0 unspecified atom stereocenters. The van der Waals surface area contributed by atoms with E-state index in [1.165, 1.54) is 5.39 Å². The maximum absolute atomic E-state index is 13.2. The molecule has 2 saturated heterocycles. The number of fused-ring (bicyclic) bond motifs is 2. The van der Waals surface area contributed by atoms with Crippen LogP contribution in [0.3, 0.4) is 0 Å². The zero-order valence-electron chi connectivity index (χ0n) is 36.6. The van der Waals surface area contributed by atoms with Crippen LogP contribution in [-0.2, 0) is 4.74 Å². The highest BCUT2D eigenvalue weighted by Crippen LogP contribution is 2.30. The van der Waals surface area contributed by atoms with Gasteiger partial charge in [0.05, 0.1) is 33.3 Å². The van der Waals surface area contributed by atoms with Crippen molar-refractivity contribution < 1.29 is 19.1 Å². The molecule has 2 atom stereocenters. The second-order valence-corrected chi connectivity index (χ2v) is 17.9. The molecule has 12 heteroatoms. The third-order valence-corrected chi connectivity index (χ3v) is 12.1. The molecule has 3 N–H and O–H groups in total. The number of anilines is 2. The Labute approximate surface area is 380 Å². The average molecular weight is 888 g/mol. The van der Waals surface area contributed by atoms with Crippen molar-refractivity contribution in [1.29, 1.82) is 0 Å². The van der Waals surface area contributed by atoms with Crippen LogP contribution < -0.4 is 25.8 Å². The molecule has 2 aliphatic heterocycles. The van der Waals surface area contributed by atoms with Crippen molar-refractivity contribution in [3.8, 4) is 0 Å². The molecule has 328 valence electrons. The Morgan fingerprint density at radius 3 is 1.48 bits per heavy atom. The fraction of sp³-hybridized carbons (Fsp3) is 0.314. The molecule has 2 aliphatic rings. The Hall–Kier alpha value is -5.81. The normalized spacial score (nSPS) is 15.3. The number of ether oxygens (including phenoxy) is 1. The van der Waals surface area contributed by atoms with Crippen LogP contribution in [0, 0.1) is 0 Å². The largest absolute Gasteiger partial charge is 0.444 e. The van der Waals surface area contributed by atoms with Gasteiger partial charge in [-0.3, -0.25) is 9.59 Å². The first kappa shape index (κ1) is 45.2. The van der Waals surface area contributed by atoms with Crippen molar-refractivity contribution >= 4 is 74.0 Å². The summed E-state index contributed by atoms with van der Waals surface area (Å²) < 4.78 is 5.48. The van der Waals surface area contributed by atoms with Crippen LogP contribution in [0.1, 0.15) is 78.5 Å². The third-order valence-electron chi connectivity index (χ3n) is 11.4. The Kier molecular flexibility index (Phi) is 14.5. The number of benzene rings is 6. The number of carbonyl (C=O) groups is 3. The highest BCUT2D eigenvalue weighted by molar-refractivity contribution is 6.34. The van der Waals surface area contributed by atoms with Crippen LogP contribution in [0.15, 0.2) is 121 Å². The van der Waals surface area contributed by atoms with Crippen molar-refractivity contribution in [3.63, 3.8) is 0 Å². The topological polar surface area (TPSA) is 106 Å².